The van der Waals surface area contributed by atoms with E-state index in [1.165, 1.54) is 6.92 Å². The van der Waals surface area contributed by atoms with E-state index in [0.717, 1.165) is 82.9 Å². The van der Waals surface area contributed by atoms with E-state index in [1.54, 1.807) is 17.9 Å². The van der Waals surface area contributed by atoms with Gasteiger partial charge in [-0.15, -0.1) is 0 Å². The van der Waals surface area contributed by atoms with Crippen molar-refractivity contribution >= 4 is 39.4 Å². The minimum absolute atomic E-state index is 0.109. The first kappa shape index (κ1) is 40.5. The Bertz CT molecular complexity index is 1060. The molecule has 14 heteroatoms. The van der Waals surface area contributed by atoms with Gasteiger partial charge in [-0.25, -0.2) is 0 Å². The number of carbonyl (C=O) groups excluding carboxylic acids is 2. The summed E-state index contributed by atoms with van der Waals surface area (Å²) in [6.45, 7) is 4.30. The molecule has 1 amide bonds. The topological polar surface area (TPSA) is 191 Å². The molecule has 9 unspecified atom stereocenters. The number of nitrogens with one attached hydrogen (secondary N) is 2. The first-order valence-corrected chi connectivity index (χ1v) is 21.3. The van der Waals surface area contributed by atoms with Crippen molar-refractivity contribution in [3.05, 3.63) is 0 Å². The number of guanidine groups is 1. The number of hydrogen-bond acceptors (Lipinski definition) is 11. The zero-order chi connectivity index (χ0) is 35.2. The number of nitrogens with zero attached hydrogens (tertiary/aromatic N) is 1. The lowest BCUT2D eigenvalue weighted by Crippen LogP contribution is -2.94. The van der Waals surface area contributed by atoms with Crippen molar-refractivity contribution in [2.24, 2.45) is 34.6 Å². The molecule has 49 heavy (non-hydrogen) atoms. The molecule has 0 radical (unpaired) electrons. The summed E-state index contributed by atoms with van der Waals surface area (Å²) in [7, 11) is 5.24. The van der Waals surface area contributed by atoms with Crippen molar-refractivity contribution in [2.45, 2.75) is 134 Å². The first-order valence-electron chi connectivity index (χ1n) is 18.8. The SMILES string of the molecule is COC1CC2CCC(OC(C)=O)CC(O)CCCCCCSSC[NH+]=C(N)NCCC3(CC4CC[NH2+]C(N)C4)CC(=O)N(CC(C2)C1O)C3. The van der Waals surface area contributed by atoms with E-state index < -0.39 is 12.2 Å². The van der Waals surface area contributed by atoms with Crippen molar-refractivity contribution in [3.63, 3.8) is 0 Å². The van der Waals surface area contributed by atoms with Crippen molar-refractivity contribution in [1.29, 1.82) is 0 Å². The molecule has 0 aromatic carbocycles. The number of aliphatic hydroxyl groups is 2. The molecular weight excluding hydrogens is 665 g/mol. The highest BCUT2D eigenvalue weighted by molar-refractivity contribution is 8.76. The summed E-state index contributed by atoms with van der Waals surface area (Å²) in [5.41, 5.74) is 12.5. The highest BCUT2D eigenvalue weighted by Crippen LogP contribution is 2.44. The Balaban J connectivity index is 1.48. The van der Waals surface area contributed by atoms with Crippen LogP contribution in [0.15, 0.2) is 0 Å². The largest absolute Gasteiger partial charge is 0.462 e. The number of fused-ring (bicyclic) bond motifs is 4. The maximum absolute atomic E-state index is 13.8. The molecule has 4 bridgehead atoms. The van der Waals surface area contributed by atoms with Gasteiger partial charge in [0.05, 0.1) is 31.4 Å². The van der Waals surface area contributed by atoms with Crippen LogP contribution in [-0.4, -0.2) is 108 Å². The average Bonchev–Trinajstić information content (AvgIpc) is 3.34. The highest BCUT2D eigenvalue weighted by Gasteiger charge is 2.47. The van der Waals surface area contributed by atoms with Crippen LogP contribution >= 0.6 is 21.6 Å². The molecule has 4 rings (SSSR count). The molecule has 2 saturated heterocycles. The van der Waals surface area contributed by atoms with Crippen LogP contribution in [0.2, 0.25) is 0 Å². The number of quaternary nitrogens is 1. The van der Waals surface area contributed by atoms with E-state index in [1.807, 2.05) is 15.7 Å². The molecular formula is C35H66N6O6S2+2. The van der Waals surface area contributed by atoms with Crippen LogP contribution in [0, 0.1) is 23.2 Å². The Morgan fingerprint density at radius 2 is 1.92 bits per heavy atom. The van der Waals surface area contributed by atoms with E-state index in [9.17, 15) is 19.8 Å². The Hall–Kier alpha value is -1.29. The van der Waals surface area contributed by atoms with Crippen LogP contribution in [-0.2, 0) is 19.1 Å². The van der Waals surface area contributed by atoms with Gasteiger partial charge in [0, 0.05) is 58.1 Å². The van der Waals surface area contributed by atoms with Gasteiger partial charge in [-0.3, -0.25) is 31.4 Å². The van der Waals surface area contributed by atoms with Gasteiger partial charge in [-0.1, -0.05) is 40.9 Å². The molecule has 0 aromatic heterocycles. The molecule has 3 heterocycles. The van der Waals surface area contributed by atoms with Crippen LogP contribution in [0.5, 0.6) is 0 Å². The van der Waals surface area contributed by atoms with E-state index >= 15 is 0 Å². The van der Waals surface area contributed by atoms with E-state index in [2.05, 4.69) is 15.6 Å². The fraction of sp³-hybridized carbons (Fsp3) is 0.914. The lowest BCUT2D eigenvalue weighted by molar-refractivity contribution is -0.699. The van der Waals surface area contributed by atoms with Crippen LogP contribution in [0.3, 0.4) is 0 Å². The smallest absolute Gasteiger partial charge is 0.341 e. The summed E-state index contributed by atoms with van der Waals surface area (Å²) in [4.78, 5) is 31.0. The molecule has 0 spiro atoms. The molecule has 0 aromatic rings. The van der Waals surface area contributed by atoms with Crippen molar-refractivity contribution in [1.82, 2.24) is 10.2 Å². The predicted molar refractivity (Wildman–Crippen MR) is 195 cm³/mol. The van der Waals surface area contributed by atoms with E-state index in [4.69, 9.17) is 20.9 Å². The van der Waals surface area contributed by atoms with Gasteiger partial charge in [0.1, 0.15) is 18.1 Å². The number of rotatable bonds is 4. The average molecular weight is 731 g/mol. The number of ether oxygens (including phenoxy) is 2. The Labute approximate surface area is 301 Å². The van der Waals surface area contributed by atoms with Crippen LogP contribution < -0.4 is 27.1 Å². The standard InChI is InChI=1S/C35H64N6O6S2/c1-24(42)47-29-9-8-25-15-27(33(45)30(16-25)46-2)21-41-22-35(20-32(41)44,19-26-10-12-38-31(36)17-26)11-13-39-34(37)40-23-49-48-14-6-4-3-5-7-28(43)18-29/h25-31,33,38,43,45H,3-23,36H2,1-2H3,(H3,37,39,40)/p+2. The number of hydrogen-bond donors (Lipinski definition) is 7. The summed E-state index contributed by atoms with van der Waals surface area (Å²) in [5.74, 6) is 2.79. The van der Waals surface area contributed by atoms with E-state index in [-0.39, 0.29) is 47.5 Å². The molecule has 3 fully saturated rings. The highest BCUT2D eigenvalue weighted by atomic mass is 33.1. The number of carbonyl (C=O) groups is 2. The van der Waals surface area contributed by atoms with Gasteiger partial charge in [0.2, 0.25) is 5.91 Å². The Morgan fingerprint density at radius 1 is 1.10 bits per heavy atom. The Kier molecular flexibility index (Phi) is 17.1. The van der Waals surface area contributed by atoms with Gasteiger partial charge in [-0.05, 0) is 75.0 Å². The second-order valence-electron chi connectivity index (χ2n) is 15.3. The minimum Gasteiger partial charge on any atom is -0.462 e. The molecule has 1 saturated carbocycles. The Morgan fingerprint density at radius 3 is 2.69 bits per heavy atom. The van der Waals surface area contributed by atoms with E-state index in [0.29, 0.717) is 63.1 Å². The zero-order valence-corrected chi connectivity index (χ0v) is 31.6. The molecule has 4 aliphatic rings. The zero-order valence-electron chi connectivity index (χ0n) is 30.0. The third-order valence-corrected chi connectivity index (χ3v) is 13.5. The molecule has 12 nitrogen and oxygen atoms in total. The summed E-state index contributed by atoms with van der Waals surface area (Å²) < 4.78 is 11.5. The number of amides is 1. The third kappa shape index (κ3) is 13.6. The lowest BCUT2D eigenvalue weighted by atomic mass is 9.73. The van der Waals surface area contributed by atoms with Gasteiger partial charge >= 0.3 is 11.9 Å². The fourth-order valence-corrected chi connectivity index (χ4v) is 10.7. The molecule has 3 aliphatic heterocycles. The maximum Gasteiger partial charge on any atom is 0.341 e. The van der Waals surface area contributed by atoms with Crippen LogP contribution in [0.25, 0.3) is 0 Å². The number of nitrogens with two attached hydrogens (primary N) is 3. The van der Waals surface area contributed by atoms with Crippen LogP contribution in [0.1, 0.15) is 103 Å². The van der Waals surface area contributed by atoms with Crippen LogP contribution in [0.4, 0.5) is 0 Å². The van der Waals surface area contributed by atoms with Crippen molar-refractivity contribution < 1.29 is 39.6 Å². The second-order valence-corrected chi connectivity index (χ2v) is 17.9. The summed E-state index contributed by atoms with van der Waals surface area (Å²) in [5, 5.41) is 27.8. The number of esters is 1. The first-order chi connectivity index (χ1) is 23.6. The van der Waals surface area contributed by atoms with Gasteiger partial charge < -0.3 is 29.9 Å². The summed E-state index contributed by atoms with van der Waals surface area (Å²) in [6.07, 6.45) is 11.0. The number of piperidine rings is 1. The van der Waals surface area contributed by atoms with Gasteiger partial charge in [-0.2, -0.15) is 0 Å². The molecule has 1 aliphatic carbocycles. The minimum atomic E-state index is -0.660. The fourth-order valence-electron chi connectivity index (χ4n) is 8.80. The third-order valence-electron chi connectivity index (χ3n) is 11.3. The summed E-state index contributed by atoms with van der Waals surface area (Å²) in [6, 6.07) is 0. The molecule has 282 valence electrons. The lowest BCUT2D eigenvalue weighted by Gasteiger charge is -2.41. The number of aliphatic hydroxyl groups excluding tert-OH is 2. The predicted octanol–water partition coefficient (Wildman–Crippen LogP) is 0.396. The quantitative estimate of drug-likeness (QED) is 0.157. The number of methoxy groups -OCH3 is 1. The molecule has 9 atom stereocenters. The van der Waals surface area contributed by atoms with Gasteiger partial charge in [0.25, 0.3) is 0 Å². The summed E-state index contributed by atoms with van der Waals surface area (Å²) >= 11 is 0. The monoisotopic (exact) mass is 730 g/mol. The van der Waals surface area contributed by atoms with Crippen molar-refractivity contribution in [3.8, 4) is 0 Å². The van der Waals surface area contributed by atoms with Crippen molar-refractivity contribution in [2.75, 3.05) is 44.9 Å². The van der Waals surface area contributed by atoms with Gasteiger partial charge in [0.15, 0.2) is 0 Å². The second kappa shape index (κ2) is 20.7. The normalized spacial score (nSPS) is 37.1. The molecule has 10 N–H and O–H groups in total. The maximum atomic E-state index is 13.8.